The van der Waals surface area contributed by atoms with Gasteiger partial charge in [-0.3, -0.25) is 0 Å². The molecule has 1 aromatic heterocycles. The Bertz CT molecular complexity index is 722. The van der Waals surface area contributed by atoms with Gasteiger partial charge in [-0.05, 0) is 32.8 Å². The van der Waals surface area contributed by atoms with Gasteiger partial charge < -0.3 is 15.2 Å². The number of benzene rings is 1. The molecule has 0 fully saturated rings. The van der Waals surface area contributed by atoms with Gasteiger partial charge in [-0.1, -0.05) is 62.9 Å². The maximum atomic E-state index is 4.79. The van der Waals surface area contributed by atoms with Crippen LogP contribution in [0.3, 0.4) is 0 Å². The number of rotatable bonds is 10. The number of aromatic nitrogens is 3. The molecule has 0 saturated carbocycles. The average Bonchev–Trinajstić information content (AvgIpc) is 3.02. The number of hydrogen-bond acceptors (Lipinski definition) is 3. The zero-order valence-electron chi connectivity index (χ0n) is 18.1. The van der Waals surface area contributed by atoms with Crippen molar-refractivity contribution >= 4 is 5.96 Å². The molecule has 6 heteroatoms. The third-order valence-electron chi connectivity index (χ3n) is 5.09. The molecule has 0 bridgehead atoms. The zero-order valence-corrected chi connectivity index (χ0v) is 18.1. The van der Waals surface area contributed by atoms with Crippen LogP contribution in [0.15, 0.2) is 35.3 Å². The minimum Gasteiger partial charge on any atom is -0.354 e. The third-order valence-corrected chi connectivity index (χ3v) is 5.09. The Morgan fingerprint density at radius 2 is 1.82 bits per heavy atom. The Hall–Kier alpha value is -2.37. The number of aliphatic imine (C=N–C) groups is 1. The molecule has 2 unspecified atom stereocenters. The minimum atomic E-state index is 0.168. The fourth-order valence-corrected chi connectivity index (χ4v) is 3.08. The van der Waals surface area contributed by atoms with Gasteiger partial charge in [-0.25, -0.2) is 4.99 Å². The van der Waals surface area contributed by atoms with Crippen LogP contribution < -0.4 is 10.6 Å². The Balaban J connectivity index is 2.03. The predicted molar refractivity (Wildman–Crippen MR) is 116 cm³/mol. The van der Waals surface area contributed by atoms with Crippen molar-refractivity contribution in [2.45, 2.75) is 78.4 Å². The normalized spacial score (nSPS) is 14.0. The van der Waals surface area contributed by atoms with Crippen LogP contribution in [0.25, 0.3) is 0 Å². The van der Waals surface area contributed by atoms with Crippen LogP contribution in [0.4, 0.5) is 0 Å². The van der Waals surface area contributed by atoms with Crippen LogP contribution in [0.5, 0.6) is 0 Å². The van der Waals surface area contributed by atoms with Crippen LogP contribution in [-0.4, -0.2) is 26.8 Å². The molecule has 0 radical (unpaired) electrons. The standard InChI is InChI=1S/C22H36N6/c1-6-7-8-10-13-17(2)24-22(23-16-21-27-26-19(4)28(21)5)25-18(3)20-14-11-9-12-15-20/h9,11-12,14-15,17-18H,6-8,10,13,16H2,1-5H3,(H2,23,24,25). The van der Waals surface area contributed by atoms with Gasteiger partial charge in [-0.2, -0.15) is 0 Å². The molecule has 2 aromatic rings. The fraction of sp³-hybridized carbons (Fsp3) is 0.591. The van der Waals surface area contributed by atoms with Gasteiger partial charge in [0.15, 0.2) is 11.8 Å². The summed E-state index contributed by atoms with van der Waals surface area (Å²) in [4.78, 5) is 4.79. The highest BCUT2D eigenvalue weighted by Crippen LogP contribution is 2.12. The van der Waals surface area contributed by atoms with Gasteiger partial charge in [0.25, 0.3) is 0 Å². The van der Waals surface area contributed by atoms with E-state index < -0.39 is 0 Å². The molecule has 6 nitrogen and oxygen atoms in total. The van der Waals surface area contributed by atoms with E-state index >= 15 is 0 Å². The quantitative estimate of drug-likeness (QED) is 0.364. The van der Waals surface area contributed by atoms with Gasteiger partial charge in [0, 0.05) is 13.1 Å². The monoisotopic (exact) mass is 384 g/mol. The molecule has 2 rings (SSSR count). The number of hydrogen-bond donors (Lipinski definition) is 2. The van der Waals surface area contributed by atoms with E-state index in [9.17, 15) is 0 Å². The topological polar surface area (TPSA) is 67.1 Å². The molecule has 0 aliphatic carbocycles. The van der Waals surface area contributed by atoms with Crippen molar-refractivity contribution in [3.63, 3.8) is 0 Å². The first-order valence-corrected chi connectivity index (χ1v) is 10.5. The maximum Gasteiger partial charge on any atom is 0.192 e. The molecular formula is C22H36N6. The summed E-state index contributed by atoms with van der Waals surface area (Å²) in [7, 11) is 1.98. The predicted octanol–water partition coefficient (Wildman–Crippen LogP) is 4.28. The van der Waals surface area contributed by atoms with E-state index in [1.807, 2.05) is 24.6 Å². The summed E-state index contributed by atoms with van der Waals surface area (Å²) in [6.45, 7) is 9.08. The van der Waals surface area contributed by atoms with Gasteiger partial charge in [0.1, 0.15) is 12.4 Å². The SMILES string of the molecule is CCCCCCC(C)NC(=NCc1nnc(C)n1C)NC(C)c1ccccc1. The minimum absolute atomic E-state index is 0.168. The molecule has 2 N–H and O–H groups in total. The summed E-state index contributed by atoms with van der Waals surface area (Å²) in [6, 6.07) is 11.0. The number of guanidine groups is 1. The molecule has 28 heavy (non-hydrogen) atoms. The van der Waals surface area contributed by atoms with Crippen molar-refractivity contribution in [3.8, 4) is 0 Å². The molecule has 0 amide bonds. The molecule has 0 saturated heterocycles. The number of aryl methyl sites for hydroxylation is 1. The lowest BCUT2D eigenvalue weighted by Gasteiger charge is -2.22. The van der Waals surface area contributed by atoms with Gasteiger partial charge in [0.05, 0.1) is 6.04 Å². The van der Waals surface area contributed by atoms with Crippen molar-refractivity contribution in [3.05, 3.63) is 47.5 Å². The van der Waals surface area contributed by atoms with E-state index in [4.69, 9.17) is 4.99 Å². The number of nitrogens with one attached hydrogen (secondary N) is 2. The molecular weight excluding hydrogens is 348 g/mol. The Morgan fingerprint density at radius 1 is 1.07 bits per heavy atom. The van der Waals surface area contributed by atoms with Crippen LogP contribution in [-0.2, 0) is 13.6 Å². The summed E-state index contributed by atoms with van der Waals surface area (Å²) in [6.07, 6.45) is 6.25. The third kappa shape index (κ3) is 6.98. The maximum absolute atomic E-state index is 4.79. The molecule has 0 aliphatic heterocycles. The van der Waals surface area contributed by atoms with Crippen LogP contribution in [0.2, 0.25) is 0 Å². The highest BCUT2D eigenvalue weighted by atomic mass is 15.3. The van der Waals surface area contributed by atoms with E-state index in [1.54, 1.807) is 0 Å². The summed E-state index contributed by atoms with van der Waals surface area (Å²) in [5.41, 5.74) is 1.24. The van der Waals surface area contributed by atoms with Gasteiger partial charge in [-0.15, -0.1) is 10.2 Å². The van der Waals surface area contributed by atoms with Crippen molar-refractivity contribution in [1.82, 2.24) is 25.4 Å². The summed E-state index contributed by atoms with van der Waals surface area (Å²) in [5.74, 6) is 2.58. The second-order valence-corrected chi connectivity index (χ2v) is 7.56. The number of unbranched alkanes of at least 4 members (excludes halogenated alkanes) is 3. The average molecular weight is 385 g/mol. The lowest BCUT2D eigenvalue weighted by Crippen LogP contribution is -2.43. The largest absolute Gasteiger partial charge is 0.354 e. The summed E-state index contributed by atoms with van der Waals surface area (Å²) >= 11 is 0. The zero-order chi connectivity index (χ0) is 20.4. The van der Waals surface area contributed by atoms with Crippen LogP contribution in [0, 0.1) is 6.92 Å². The molecule has 2 atom stereocenters. The Morgan fingerprint density at radius 3 is 2.46 bits per heavy atom. The van der Waals surface area contributed by atoms with Crippen molar-refractivity contribution < 1.29 is 0 Å². The van der Waals surface area contributed by atoms with Gasteiger partial charge >= 0.3 is 0 Å². The summed E-state index contributed by atoms with van der Waals surface area (Å²) in [5, 5.41) is 15.5. The second kappa shape index (κ2) is 11.5. The van der Waals surface area contributed by atoms with E-state index in [0.717, 1.165) is 24.0 Å². The highest BCUT2D eigenvalue weighted by Gasteiger charge is 2.12. The van der Waals surface area contributed by atoms with E-state index in [2.05, 4.69) is 65.9 Å². The Kier molecular flexibility index (Phi) is 8.98. The van der Waals surface area contributed by atoms with E-state index in [-0.39, 0.29) is 6.04 Å². The lowest BCUT2D eigenvalue weighted by molar-refractivity contribution is 0.531. The summed E-state index contributed by atoms with van der Waals surface area (Å²) < 4.78 is 1.98. The second-order valence-electron chi connectivity index (χ2n) is 7.56. The van der Waals surface area contributed by atoms with Crippen molar-refractivity contribution in [1.29, 1.82) is 0 Å². The Labute approximate surface area is 169 Å². The van der Waals surface area contributed by atoms with Crippen molar-refractivity contribution in [2.75, 3.05) is 0 Å². The lowest BCUT2D eigenvalue weighted by atomic mass is 10.1. The fourth-order valence-electron chi connectivity index (χ4n) is 3.08. The first-order chi connectivity index (χ1) is 13.5. The molecule has 0 aliphatic rings. The van der Waals surface area contributed by atoms with Crippen LogP contribution in [0.1, 0.15) is 76.1 Å². The van der Waals surface area contributed by atoms with Crippen molar-refractivity contribution in [2.24, 2.45) is 12.0 Å². The first kappa shape index (κ1) is 21.9. The van der Waals surface area contributed by atoms with E-state index in [1.165, 1.54) is 31.2 Å². The smallest absolute Gasteiger partial charge is 0.192 e. The molecule has 1 aromatic carbocycles. The highest BCUT2D eigenvalue weighted by molar-refractivity contribution is 5.80. The first-order valence-electron chi connectivity index (χ1n) is 10.5. The van der Waals surface area contributed by atoms with Gasteiger partial charge in [0.2, 0.25) is 0 Å². The molecule has 154 valence electrons. The molecule has 0 spiro atoms. The molecule has 1 heterocycles. The van der Waals surface area contributed by atoms with Crippen LogP contribution >= 0.6 is 0 Å². The number of nitrogens with zero attached hydrogens (tertiary/aromatic N) is 4. The van der Waals surface area contributed by atoms with E-state index in [0.29, 0.717) is 12.6 Å².